The number of amides is 3. The number of hydrogen-bond acceptors (Lipinski definition) is 15. The maximum absolute atomic E-state index is 13.7. The molecule has 0 heterocycles. The number of aliphatic imine (C=N–C) groups is 1. The molecule has 64 heavy (non-hydrogen) atoms. The van der Waals surface area contributed by atoms with Gasteiger partial charge in [-0.05, 0) is 131 Å². The standard InChI is InChI=1S/C45H66N4O14Si/c1-42(2,3)60-34(50)26-33(37(53)57-24-25-64(13,14)15)49(27-35(51)61-43(4,5)6)41(56)58-28-29-16-22-32(23-17-29)59-36(52)30-18-20-31(21-19-30)46-38(47-39(54)62-44(7,8)9)48-40(55)63-45(10,11)12/h16-23,33H,24-28H2,1-15H3,(H2,46,47,48,54,55). The van der Waals surface area contributed by atoms with Gasteiger partial charge in [-0.25, -0.2) is 29.0 Å². The van der Waals surface area contributed by atoms with Crippen LogP contribution in [0.3, 0.4) is 0 Å². The Morgan fingerprint density at radius 3 is 1.59 bits per heavy atom. The Bertz CT molecular complexity index is 1950. The lowest BCUT2D eigenvalue weighted by Gasteiger charge is -2.30. The van der Waals surface area contributed by atoms with Crippen LogP contribution in [0.25, 0.3) is 0 Å². The molecule has 1 atom stereocenters. The first-order chi connectivity index (χ1) is 29.2. The third-order valence-electron chi connectivity index (χ3n) is 7.56. The Labute approximate surface area is 377 Å². The van der Waals surface area contributed by atoms with E-state index in [1.54, 1.807) is 83.1 Å². The third kappa shape index (κ3) is 22.9. The van der Waals surface area contributed by atoms with Crippen molar-refractivity contribution in [3.63, 3.8) is 0 Å². The number of nitrogens with zero attached hydrogens (tertiary/aromatic N) is 2. The fourth-order valence-electron chi connectivity index (χ4n) is 4.97. The van der Waals surface area contributed by atoms with E-state index < -0.39 is 91.6 Å². The Hall–Kier alpha value is -5.98. The van der Waals surface area contributed by atoms with Crippen LogP contribution in [0.5, 0.6) is 5.75 Å². The molecule has 2 rings (SSSR count). The van der Waals surface area contributed by atoms with Gasteiger partial charge in [0, 0.05) is 8.07 Å². The Balaban J connectivity index is 2.25. The Morgan fingerprint density at radius 1 is 0.641 bits per heavy atom. The summed E-state index contributed by atoms with van der Waals surface area (Å²) in [4.78, 5) is 96.4. The fourth-order valence-corrected chi connectivity index (χ4v) is 5.68. The summed E-state index contributed by atoms with van der Waals surface area (Å²) in [5.74, 6) is -3.41. The van der Waals surface area contributed by atoms with Crippen LogP contribution in [0.1, 0.15) is 105 Å². The molecule has 0 bridgehead atoms. The minimum absolute atomic E-state index is 0.0521. The Kier molecular flexibility index (Phi) is 19.1. The van der Waals surface area contributed by atoms with E-state index >= 15 is 0 Å². The second-order valence-electron chi connectivity index (χ2n) is 19.8. The summed E-state index contributed by atoms with van der Waals surface area (Å²) in [5, 5.41) is 4.77. The van der Waals surface area contributed by atoms with Gasteiger partial charge in [0.05, 0.1) is 24.3 Å². The molecule has 2 aromatic rings. The molecule has 354 valence electrons. The number of alkyl carbamates (subject to hydrolysis) is 2. The molecule has 0 spiro atoms. The molecule has 0 aliphatic carbocycles. The van der Waals surface area contributed by atoms with Gasteiger partial charge in [-0.15, -0.1) is 0 Å². The van der Waals surface area contributed by atoms with E-state index in [0.717, 1.165) is 4.90 Å². The van der Waals surface area contributed by atoms with Gasteiger partial charge < -0.3 is 33.2 Å². The average Bonchev–Trinajstić information content (AvgIpc) is 3.09. The maximum atomic E-state index is 13.7. The van der Waals surface area contributed by atoms with E-state index in [-0.39, 0.29) is 36.2 Å². The van der Waals surface area contributed by atoms with Crippen LogP contribution < -0.4 is 15.4 Å². The quantitative estimate of drug-likeness (QED) is 0.0455. The van der Waals surface area contributed by atoms with Gasteiger partial charge in [0.2, 0.25) is 5.96 Å². The van der Waals surface area contributed by atoms with Crippen molar-refractivity contribution in [1.82, 2.24) is 15.5 Å². The minimum atomic E-state index is -1.64. The van der Waals surface area contributed by atoms with E-state index in [0.29, 0.717) is 11.6 Å². The van der Waals surface area contributed by atoms with Crippen molar-refractivity contribution in [3.8, 4) is 5.75 Å². The van der Waals surface area contributed by atoms with Crippen molar-refractivity contribution in [2.75, 3.05) is 13.2 Å². The summed E-state index contributed by atoms with van der Waals surface area (Å²) in [5.41, 5.74) is -2.65. The van der Waals surface area contributed by atoms with E-state index in [1.807, 2.05) is 0 Å². The van der Waals surface area contributed by atoms with Crippen molar-refractivity contribution in [1.29, 1.82) is 0 Å². The minimum Gasteiger partial charge on any atom is -0.464 e. The van der Waals surface area contributed by atoms with E-state index in [1.165, 1.54) is 48.5 Å². The van der Waals surface area contributed by atoms with Crippen LogP contribution >= 0.6 is 0 Å². The first-order valence-corrected chi connectivity index (χ1v) is 24.4. The number of carbonyl (C=O) groups excluding carboxylic acids is 7. The first-order valence-electron chi connectivity index (χ1n) is 20.7. The molecular formula is C45H66N4O14Si. The molecule has 0 aliphatic rings. The number of esters is 4. The predicted octanol–water partition coefficient (Wildman–Crippen LogP) is 8.20. The van der Waals surface area contributed by atoms with Gasteiger partial charge in [0.15, 0.2) is 0 Å². The van der Waals surface area contributed by atoms with Gasteiger partial charge in [-0.3, -0.25) is 25.1 Å². The zero-order chi connectivity index (χ0) is 48.8. The van der Waals surface area contributed by atoms with Crippen LogP contribution in [0.2, 0.25) is 25.7 Å². The van der Waals surface area contributed by atoms with Crippen LogP contribution in [0.4, 0.5) is 20.1 Å². The van der Waals surface area contributed by atoms with E-state index in [9.17, 15) is 33.6 Å². The topological polar surface area (TPSA) is 224 Å². The van der Waals surface area contributed by atoms with Crippen LogP contribution in [0, 0.1) is 0 Å². The zero-order valence-corrected chi connectivity index (χ0v) is 40.8. The lowest BCUT2D eigenvalue weighted by atomic mass is 10.1. The summed E-state index contributed by atoms with van der Waals surface area (Å²) in [6.45, 7) is 25.2. The van der Waals surface area contributed by atoms with Crippen molar-refractivity contribution < 1.29 is 66.7 Å². The molecule has 2 aromatic carbocycles. The molecular weight excluding hydrogens is 849 g/mol. The second-order valence-corrected chi connectivity index (χ2v) is 25.5. The van der Waals surface area contributed by atoms with Gasteiger partial charge >= 0.3 is 42.2 Å². The van der Waals surface area contributed by atoms with Crippen molar-refractivity contribution >= 4 is 61.9 Å². The van der Waals surface area contributed by atoms with Gasteiger partial charge in [0.25, 0.3) is 0 Å². The highest BCUT2D eigenvalue weighted by Crippen LogP contribution is 2.21. The smallest absolute Gasteiger partial charge is 0.414 e. The summed E-state index contributed by atoms with van der Waals surface area (Å²) >= 11 is 0. The maximum Gasteiger partial charge on any atom is 0.414 e. The molecule has 0 radical (unpaired) electrons. The number of benzene rings is 2. The normalized spacial score (nSPS) is 12.4. The van der Waals surface area contributed by atoms with Crippen molar-refractivity contribution in [2.24, 2.45) is 4.99 Å². The molecule has 0 saturated heterocycles. The molecule has 3 amide bonds. The highest BCUT2D eigenvalue weighted by Gasteiger charge is 2.38. The molecule has 18 nitrogen and oxygen atoms in total. The summed E-state index contributed by atoms with van der Waals surface area (Å²) in [6.07, 6.45) is -3.46. The van der Waals surface area contributed by atoms with Gasteiger partial charge in [-0.1, -0.05) is 31.8 Å². The van der Waals surface area contributed by atoms with Gasteiger partial charge in [0.1, 0.15) is 47.3 Å². The SMILES string of the molecule is CC(C)(C)OC(=O)CC(C(=O)OCC[Si](C)(C)C)N(CC(=O)OC(C)(C)C)C(=O)OCc1ccc(OC(=O)c2ccc(N=C(NC(=O)OC(C)(C)C)NC(=O)OC(C)(C)C)cc2)cc1. The van der Waals surface area contributed by atoms with Crippen molar-refractivity contribution in [2.45, 2.75) is 150 Å². The fraction of sp³-hybridized carbons (Fsp3) is 0.556. The lowest BCUT2D eigenvalue weighted by Crippen LogP contribution is -2.50. The largest absolute Gasteiger partial charge is 0.464 e. The molecule has 1 unspecified atom stereocenters. The molecule has 0 aromatic heterocycles. The number of hydrogen-bond donors (Lipinski definition) is 2. The third-order valence-corrected chi connectivity index (χ3v) is 9.26. The van der Waals surface area contributed by atoms with Crippen LogP contribution in [0.15, 0.2) is 53.5 Å². The van der Waals surface area contributed by atoms with E-state index in [4.69, 9.17) is 33.2 Å². The summed E-state index contributed by atoms with van der Waals surface area (Å²) in [6, 6.07) is 10.8. The molecule has 0 aliphatic heterocycles. The second kappa shape index (κ2) is 22.6. The number of nitrogens with one attached hydrogen (secondary N) is 2. The average molecular weight is 915 g/mol. The van der Waals surface area contributed by atoms with Gasteiger partial charge in [-0.2, -0.15) is 0 Å². The molecule has 19 heteroatoms. The highest BCUT2D eigenvalue weighted by atomic mass is 28.3. The summed E-state index contributed by atoms with van der Waals surface area (Å²) < 4.78 is 38.0. The Morgan fingerprint density at radius 2 is 1.12 bits per heavy atom. The van der Waals surface area contributed by atoms with Crippen molar-refractivity contribution in [3.05, 3.63) is 59.7 Å². The number of guanidine groups is 1. The number of rotatable bonds is 14. The molecule has 0 fully saturated rings. The zero-order valence-electron chi connectivity index (χ0n) is 39.8. The molecule has 2 N–H and O–H groups in total. The number of carbonyl (C=O) groups is 7. The first kappa shape index (κ1) is 54.2. The highest BCUT2D eigenvalue weighted by molar-refractivity contribution is 6.76. The van der Waals surface area contributed by atoms with E-state index in [2.05, 4.69) is 35.3 Å². The lowest BCUT2D eigenvalue weighted by molar-refractivity contribution is -0.165. The van der Waals surface area contributed by atoms with Crippen LogP contribution in [-0.4, -0.2) is 103 Å². The number of ether oxygens (including phenoxy) is 7. The summed E-state index contributed by atoms with van der Waals surface area (Å²) in [7, 11) is -1.64. The van der Waals surface area contributed by atoms with Crippen LogP contribution in [-0.2, 0) is 49.4 Å². The predicted molar refractivity (Wildman–Crippen MR) is 240 cm³/mol. The molecule has 0 saturated carbocycles. The monoisotopic (exact) mass is 914 g/mol.